The SMILES string of the molecule is CCC(Cl)CCNC(=O)c1cccc(F)c1Br. The summed E-state index contributed by atoms with van der Waals surface area (Å²) in [5, 5.41) is 2.77. The molecule has 0 bridgehead atoms. The number of rotatable bonds is 5. The molecule has 1 N–H and O–H groups in total. The van der Waals surface area contributed by atoms with Crippen molar-refractivity contribution in [2.45, 2.75) is 25.1 Å². The van der Waals surface area contributed by atoms with Gasteiger partial charge < -0.3 is 5.32 Å². The Morgan fingerprint density at radius 1 is 1.59 bits per heavy atom. The molecule has 0 saturated carbocycles. The van der Waals surface area contributed by atoms with Gasteiger partial charge in [0.05, 0.1) is 10.0 Å². The molecule has 1 aromatic rings. The standard InChI is InChI=1S/C12H14BrClFNO/c1-2-8(14)6-7-16-12(17)9-4-3-5-10(15)11(9)13/h3-5,8H,2,6-7H2,1H3,(H,16,17). The Morgan fingerprint density at radius 3 is 2.94 bits per heavy atom. The second kappa shape index (κ2) is 6.97. The average Bonchev–Trinajstić information content (AvgIpc) is 2.32. The highest BCUT2D eigenvalue weighted by Gasteiger charge is 2.12. The van der Waals surface area contributed by atoms with Crippen LogP contribution in [0.5, 0.6) is 0 Å². The van der Waals surface area contributed by atoms with Crippen LogP contribution in [0, 0.1) is 5.82 Å². The lowest BCUT2D eigenvalue weighted by molar-refractivity contribution is 0.0952. The molecule has 17 heavy (non-hydrogen) atoms. The zero-order valence-electron chi connectivity index (χ0n) is 9.47. The van der Waals surface area contributed by atoms with Crippen LogP contribution < -0.4 is 5.32 Å². The van der Waals surface area contributed by atoms with Crippen LogP contribution in [0.25, 0.3) is 0 Å². The lowest BCUT2D eigenvalue weighted by atomic mass is 10.2. The van der Waals surface area contributed by atoms with Gasteiger partial charge in [-0.3, -0.25) is 4.79 Å². The molecular weight excluding hydrogens is 308 g/mol. The van der Waals surface area contributed by atoms with Crippen LogP contribution in [0.1, 0.15) is 30.1 Å². The lowest BCUT2D eigenvalue weighted by Crippen LogP contribution is -2.26. The monoisotopic (exact) mass is 321 g/mol. The van der Waals surface area contributed by atoms with Gasteiger partial charge in [0, 0.05) is 11.9 Å². The van der Waals surface area contributed by atoms with E-state index in [-0.39, 0.29) is 15.8 Å². The number of halogens is 3. The van der Waals surface area contributed by atoms with Gasteiger partial charge in [0.25, 0.3) is 5.91 Å². The highest BCUT2D eigenvalue weighted by molar-refractivity contribution is 9.10. The highest BCUT2D eigenvalue weighted by Crippen LogP contribution is 2.20. The minimum atomic E-state index is -0.443. The molecule has 1 aromatic carbocycles. The molecular formula is C12H14BrClFNO. The summed E-state index contributed by atoms with van der Waals surface area (Å²) in [7, 11) is 0. The molecule has 1 rings (SSSR count). The number of hydrogen-bond donors (Lipinski definition) is 1. The van der Waals surface area contributed by atoms with Crippen molar-refractivity contribution in [3.63, 3.8) is 0 Å². The predicted octanol–water partition coefficient (Wildman–Crippen LogP) is 3.73. The Kier molecular flexibility index (Phi) is 5.92. The molecule has 0 heterocycles. The highest BCUT2D eigenvalue weighted by atomic mass is 79.9. The summed E-state index contributed by atoms with van der Waals surface area (Å²) in [6.45, 7) is 2.48. The van der Waals surface area contributed by atoms with Crippen molar-refractivity contribution in [2.24, 2.45) is 0 Å². The Balaban J connectivity index is 2.56. The van der Waals surface area contributed by atoms with Crippen LogP contribution in [-0.4, -0.2) is 17.8 Å². The first kappa shape index (κ1) is 14.5. The van der Waals surface area contributed by atoms with Crippen molar-refractivity contribution in [1.29, 1.82) is 0 Å². The molecule has 0 aromatic heterocycles. The van der Waals surface area contributed by atoms with Crippen molar-refractivity contribution >= 4 is 33.4 Å². The van der Waals surface area contributed by atoms with Gasteiger partial charge in [-0.25, -0.2) is 4.39 Å². The molecule has 0 aliphatic rings. The van der Waals surface area contributed by atoms with E-state index >= 15 is 0 Å². The second-order valence-corrected chi connectivity index (χ2v) is 5.06. The Labute approximate surface area is 114 Å². The topological polar surface area (TPSA) is 29.1 Å². The number of alkyl halides is 1. The number of amides is 1. The van der Waals surface area contributed by atoms with E-state index in [2.05, 4.69) is 21.2 Å². The molecule has 0 fully saturated rings. The maximum absolute atomic E-state index is 13.2. The van der Waals surface area contributed by atoms with Gasteiger partial charge in [-0.2, -0.15) is 0 Å². The third-order valence-electron chi connectivity index (χ3n) is 2.38. The van der Waals surface area contributed by atoms with E-state index in [0.29, 0.717) is 18.5 Å². The lowest BCUT2D eigenvalue weighted by Gasteiger charge is -2.09. The third kappa shape index (κ3) is 4.28. The van der Waals surface area contributed by atoms with E-state index in [1.807, 2.05) is 6.92 Å². The van der Waals surface area contributed by atoms with E-state index in [0.717, 1.165) is 6.42 Å². The first-order valence-electron chi connectivity index (χ1n) is 5.42. The largest absolute Gasteiger partial charge is 0.352 e. The maximum Gasteiger partial charge on any atom is 0.252 e. The number of carbonyl (C=O) groups excluding carboxylic acids is 1. The molecule has 1 amide bonds. The van der Waals surface area contributed by atoms with Gasteiger partial charge in [0.2, 0.25) is 0 Å². The molecule has 5 heteroatoms. The van der Waals surface area contributed by atoms with Gasteiger partial charge in [0.1, 0.15) is 5.82 Å². The van der Waals surface area contributed by atoms with Crippen LogP contribution in [0.4, 0.5) is 4.39 Å². The van der Waals surface area contributed by atoms with Gasteiger partial charge in [-0.15, -0.1) is 11.6 Å². The van der Waals surface area contributed by atoms with E-state index in [1.165, 1.54) is 12.1 Å². The molecule has 0 saturated heterocycles. The zero-order valence-corrected chi connectivity index (χ0v) is 11.8. The Hall–Kier alpha value is -0.610. The fourth-order valence-corrected chi connectivity index (χ4v) is 1.87. The molecule has 1 atom stereocenters. The number of hydrogen-bond acceptors (Lipinski definition) is 1. The first-order chi connectivity index (χ1) is 8.06. The van der Waals surface area contributed by atoms with Crippen molar-refractivity contribution in [3.8, 4) is 0 Å². The fourth-order valence-electron chi connectivity index (χ4n) is 1.32. The van der Waals surface area contributed by atoms with Crippen molar-refractivity contribution in [1.82, 2.24) is 5.32 Å². The summed E-state index contributed by atoms with van der Waals surface area (Å²) in [4.78, 5) is 11.7. The van der Waals surface area contributed by atoms with Crippen LogP contribution in [0.15, 0.2) is 22.7 Å². The summed E-state index contributed by atoms with van der Waals surface area (Å²) in [5.74, 6) is -0.738. The Bertz CT molecular complexity index is 400. The van der Waals surface area contributed by atoms with Gasteiger partial charge in [-0.05, 0) is 40.9 Å². The molecule has 0 spiro atoms. The van der Waals surface area contributed by atoms with Crippen molar-refractivity contribution in [3.05, 3.63) is 34.1 Å². The van der Waals surface area contributed by atoms with Gasteiger partial charge >= 0.3 is 0 Å². The molecule has 1 unspecified atom stereocenters. The maximum atomic E-state index is 13.2. The third-order valence-corrected chi connectivity index (χ3v) is 3.72. The smallest absolute Gasteiger partial charge is 0.252 e. The minimum Gasteiger partial charge on any atom is -0.352 e. The second-order valence-electron chi connectivity index (χ2n) is 3.65. The molecule has 0 aliphatic carbocycles. The minimum absolute atomic E-state index is 0.0613. The zero-order chi connectivity index (χ0) is 12.8. The quantitative estimate of drug-likeness (QED) is 0.822. The number of nitrogens with one attached hydrogen (secondary N) is 1. The Morgan fingerprint density at radius 2 is 2.29 bits per heavy atom. The molecule has 0 aliphatic heterocycles. The summed E-state index contributed by atoms with van der Waals surface area (Å²) in [6, 6.07) is 4.37. The fraction of sp³-hybridized carbons (Fsp3) is 0.417. The summed E-state index contributed by atoms with van der Waals surface area (Å²) < 4.78 is 13.4. The predicted molar refractivity (Wildman–Crippen MR) is 71.0 cm³/mol. The van der Waals surface area contributed by atoms with Crippen LogP contribution >= 0.6 is 27.5 Å². The summed E-state index contributed by atoms with van der Waals surface area (Å²) >= 11 is 8.98. The van der Waals surface area contributed by atoms with Gasteiger partial charge in [0.15, 0.2) is 0 Å². The van der Waals surface area contributed by atoms with Crippen molar-refractivity contribution in [2.75, 3.05) is 6.54 Å². The van der Waals surface area contributed by atoms with Crippen LogP contribution in [0.2, 0.25) is 0 Å². The number of benzene rings is 1. The van der Waals surface area contributed by atoms with E-state index in [9.17, 15) is 9.18 Å². The average molecular weight is 323 g/mol. The normalized spacial score (nSPS) is 12.2. The molecule has 2 nitrogen and oxygen atoms in total. The first-order valence-corrected chi connectivity index (χ1v) is 6.65. The molecule has 94 valence electrons. The van der Waals surface area contributed by atoms with Crippen molar-refractivity contribution < 1.29 is 9.18 Å². The van der Waals surface area contributed by atoms with E-state index < -0.39 is 5.82 Å². The van der Waals surface area contributed by atoms with Crippen LogP contribution in [0.3, 0.4) is 0 Å². The molecule has 0 radical (unpaired) electrons. The van der Waals surface area contributed by atoms with Gasteiger partial charge in [-0.1, -0.05) is 13.0 Å². The van der Waals surface area contributed by atoms with E-state index in [1.54, 1.807) is 6.07 Å². The number of carbonyl (C=O) groups is 1. The van der Waals surface area contributed by atoms with Crippen LogP contribution in [-0.2, 0) is 0 Å². The summed E-state index contributed by atoms with van der Waals surface area (Å²) in [5.41, 5.74) is 0.299. The summed E-state index contributed by atoms with van der Waals surface area (Å²) in [6.07, 6.45) is 1.57. The van der Waals surface area contributed by atoms with E-state index in [4.69, 9.17) is 11.6 Å².